The first-order valence-electron chi connectivity index (χ1n) is 8.69. The molecule has 2 saturated heterocycles. The molecule has 0 aromatic heterocycles. The van der Waals surface area contributed by atoms with Crippen molar-refractivity contribution in [3.63, 3.8) is 0 Å². The molecule has 2 nitrogen and oxygen atoms in total. The smallest absolute Gasteiger partial charge is 0.00988 e. The van der Waals surface area contributed by atoms with Gasteiger partial charge in [0.25, 0.3) is 0 Å². The highest BCUT2D eigenvalue weighted by Gasteiger charge is 2.38. The van der Waals surface area contributed by atoms with Crippen LogP contribution < -0.4 is 5.32 Å². The van der Waals surface area contributed by atoms with Gasteiger partial charge in [-0.2, -0.15) is 0 Å². The van der Waals surface area contributed by atoms with Crippen LogP contribution in [0.1, 0.15) is 64.7 Å². The highest BCUT2D eigenvalue weighted by molar-refractivity contribution is 4.94. The first-order chi connectivity index (χ1) is 9.24. The summed E-state index contributed by atoms with van der Waals surface area (Å²) in [6.07, 6.45) is 13.1. The minimum absolute atomic E-state index is 0.748. The number of hydrogen-bond donors (Lipinski definition) is 1. The number of nitrogens with zero attached hydrogens (tertiary/aromatic N) is 1. The standard InChI is InChI=1S/C17H32N2/c1-13(15-6-4-3-5-7-15)18-12-14-10-16-8-9-17(11-14)19(16)2/h13-18H,3-12H2,1-2H3. The third kappa shape index (κ3) is 3.16. The Kier molecular flexibility index (Phi) is 4.48. The molecule has 0 aromatic carbocycles. The third-order valence-electron chi connectivity index (χ3n) is 6.28. The Bertz CT molecular complexity index is 271. The largest absolute Gasteiger partial charge is 0.314 e. The fourth-order valence-electron chi connectivity index (χ4n) is 4.84. The van der Waals surface area contributed by atoms with Crippen molar-refractivity contribution in [3.05, 3.63) is 0 Å². The molecule has 1 saturated carbocycles. The summed E-state index contributed by atoms with van der Waals surface area (Å²) in [4.78, 5) is 2.65. The molecule has 2 bridgehead atoms. The van der Waals surface area contributed by atoms with E-state index in [0.29, 0.717) is 0 Å². The predicted molar refractivity (Wildman–Crippen MR) is 81.3 cm³/mol. The SMILES string of the molecule is CC(NCC1CC2CCC(C1)N2C)C1CCCCC1. The molecule has 3 fully saturated rings. The Morgan fingerprint density at radius 1 is 1.00 bits per heavy atom. The van der Waals surface area contributed by atoms with Crippen LogP contribution in [0.5, 0.6) is 0 Å². The zero-order chi connectivity index (χ0) is 13.2. The molecule has 0 spiro atoms. The average Bonchev–Trinajstić information content (AvgIpc) is 2.68. The molecule has 2 aliphatic heterocycles. The van der Waals surface area contributed by atoms with Crippen LogP contribution in [0.15, 0.2) is 0 Å². The van der Waals surface area contributed by atoms with Crippen molar-refractivity contribution in [3.8, 4) is 0 Å². The summed E-state index contributed by atoms with van der Waals surface area (Å²) in [5.74, 6) is 1.90. The zero-order valence-electron chi connectivity index (χ0n) is 12.9. The minimum atomic E-state index is 0.748. The van der Waals surface area contributed by atoms with Crippen molar-refractivity contribution < 1.29 is 0 Å². The maximum Gasteiger partial charge on any atom is 0.00988 e. The van der Waals surface area contributed by atoms with Gasteiger partial charge in [-0.05, 0) is 70.9 Å². The van der Waals surface area contributed by atoms with E-state index in [-0.39, 0.29) is 0 Å². The average molecular weight is 264 g/mol. The number of fused-ring (bicyclic) bond motifs is 2. The van der Waals surface area contributed by atoms with Gasteiger partial charge in [0.1, 0.15) is 0 Å². The summed E-state index contributed by atoms with van der Waals surface area (Å²) >= 11 is 0. The van der Waals surface area contributed by atoms with Gasteiger partial charge < -0.3 is 10.2 Å². The van der Waals surface area contributed by atoms with Gasteiger partial charge in [-0.1, -0.05) is 19.3 Å². The molecule has 110 valence electrons. The van der Waals surface area contributed by atoms with E-state index in [1.54, 1.807) is 0 Å². The summed E-state index contributed by atoms with van der Waals surface area (Å²) in [6.45, 7) is 3.71. The molecule has 0 aromatic rings. The number of hydrogen-bond acceptors (Lipinski definition) is 2. The molecule has 2 heteroatoms. The second-order valence-electron chi connectivity index (χ2n) is 7.48. The highest BCUT2D eigenvalue weighted by Crippen LogP contribution is 2.37. The van der Waals surface area contributed by atoms with Crippen LogP contribution in [0.4, 0.5) is 0 Å². The first kappa shape index (κ1) is 13.9. The summed E-state index contributed by atoms with van der Waals surface area (Å²) in [5.41, 5.74) is 0. The van der Waals surface area contributed by atoms with Crippen LogP contribution in [0, 0.1) is 11.8 Å². The van der Waals surface area contributed by atoms with E-state index in [1.165, 1.54) is 64.3 Å². The first-order valence-corrected chi connectivity index (χ1v) is 8.69. The van der Waals surface area contributed by atoms with Gasteiger partial charge in [-0.15, -0.1) is 0 Å². The Morgan fingerprint density at radius 3 is 2.26 bits per heavy atom. The lowest BCUT2D eigenvalue weighted by atomic mass is 9.84. The fraction of sp³-hybridized carbons (Fsp3) is 1.00. The second kappa shape index (κ2) is 6.13. The molecule has 3 aliphatic rings. The molecule has 3 atom stereocenters. The van der Waals surface area contributed by atoms with Crippen molar-refractivity contribution in [2.75, 3.05) is 13.6 Å². The van der Waals surface area contributed by atoms with Crippen LogP contribution in [-0.2, 0) is 0 Å². The van der Waals surface area contributed by atoms with Crippen LogP contribution in [0.3, 0.4) is 0 Å². The van der Waals surface area contributed by atoms with E-state index < -0.39 is 0 Å². The Morgan fingerprint density at radius 2 is 1.63 bits per heavy atom. The van der Waals surface area contributed by atoms with Crippen LogP contribution in [-0.4, -0.2) is 36.6 Å². The quantitative estimate of drug-likeness (QED) is 0.837. The fourth-order valence-corrected chi connectivity index (χ4v) is 4.84. The molecular formula is C17H32N2. The van der Waals surface area contributed by atoms with Crippen LogP contribution >= 0.6 is 0 Å². The predicted octanol–water partition coefficient (Wildman–Crippen LogP) is 3.42. The van der Waals surface area contributed by atoms with Gasteiger partial charge in [0.2, 0.25) is 0 Å². The van der Waals surface area contributed by atoms with Gasteiger partial charge in [-0.25, -0.2) is 0 Å². The van der Waals surface area contributed by atoms with Gasteiger partial charge >= 0.3 is 0 Å². The molecule has 1 aliphatic carbocycles. The maximum atomic E-state index is 3.89. The Labute approximate surface area is 119 Å². The van der Waals surface area contributed by atoms with Gasteiger partial charge in [0, 0.05) is 18.1 Å². The Hall–Kier alpha value is -0.0800. The van der Waals surface area contributed by atoms with Crippen molar-refractivity contribution in [2.24, 2.45) is 11.8 Å². The molecule has 19 heavy (non-hydrogen) atoms. The van der Waals surface area contributed by atoms with E-state index in [1.807, 2.05) is 0 Å². The summed E-state index contributed by atoms with van der Waals surface area (Å²) in [7, 11) is 2.34. The lowest BCUT2D eigenvalue weighted by Gasteiger charge is -2.37. The van der Waals surface area contributed by atoms with Gasteiger partial charge in [0.05, 0.1) is 0 Å². The molecular weight excluding hydrogens is 232 g/mol. The molecule has 1 N–H and O–H groups in total. The molecule has 3 unspecified atom stereocenters. The van der Waals surface area contributed by atoms with Gasteiger partial charge in [0.15, 0.2) is 0 Å². The Balaban J connectivity index is 1.42. The molecule has 3 rings (SSSR count). The number of piperidine rings is 1. The lowest BCUT2D eigenvalue weighted by Crippen LogP contribution is -2.44. The summed E-state index contributed by atoms with van der Waals surface area (Å²) < 4.78 is 0. The van der Waals surface area contributed by atoms with E-state index in [2.05, 4.69) is 24.2 Å². The van der Waals surface area contributed by atoms with E-state index >= 15 is 0 Å². The topological polar surface area (TPSA) is 15.3 Å². The van der Waals surface area contributed by atoms with Crippen LogP contribution in [0.2, 0.25) is 0 Å². The van der Waals surface area contributed by atoms with Gasteiger partial charge in [-0.3, -0.25) is 0 Å². The van der Waals surface area contributed by atoms with E-state index in [4.69, 9.17) is 0 Å². The maximum absolute atomic E-state index is 3.89. The van der Waals surface area contributed by atoms with E-state index in [0.717, 1.165) is 30.0 Å². The monoisotopic (exact) mass is 264 g/mol. The lowest BCUT2D eigenvalue weighted by molar-refractivity contribution is 0.128. The molecule has 0 amide bonds. The summed E-state index contributed by atoms with van der Waals surface area (Å²) in [5, 5.41) is 3.89. The van der Waals surface area contributed by atoms with Crippen molar-refractivity contribution in [2.45, 2.75) is 82.8 Å². The number of nitrogens with one attached hydrogen (secondary N) is 1. The third-order valence-corrected chi connectivity index (χ3v) is 6.28. The minimum Gasteiger partial charge on any atom is -0.314 e. The van der Waals surface area contributed by atoms with Crippen molar-refractivity contribution in [1.82, 2.24) is 10.2 Å². The molecule has 0 radical (unpaired) electrons. The van der Waals surface area contributed by atoms with Crippen LogP contribution in [0.25, 0.3) is 0 Å². The van der Waals surface area contributed by atoms with Crippen molar-refractivity contribution >= 4 is 0 Å². The zero-order valence-corrected chi connectivity index (χ0v) is 12.9. The molecule has 2 heterocycles. The summed E-state index contributed by atoms with van der Waals surface area (Å²) in [6, 6.07) is 2.55. The normalized spacial score (nSPS) is 38.5. The van der Waals surface area contributed by atoms with Crippen molar-refractivity contribution in [1.29, 1.82) is 0 Å². The highest BCUT2D eigenvalue weighted by atomic mass is 15.2. The number of rotatable bonds is 4. The second-order valence-corrected chi connectivity index (χ2v) is 7.48. The van der Waals surface area contributed by atoms with E-state index in [9.17, 15) is 0 Å².